The Morgan fingerprint density at radius 1 is 1.35 bits per heavy atom. The van der Waals surface area contributed by atoms with Crippen molar-refractivity contribution in [1.29, 1.82) is 0 Å². The lowest BCUT2D eigenvalue weighted by atomic mass is 10.1. The standard InChI is InChI=1S/C14H21N3O2S/c1-8(18)12-11(15)10(13(19)16-2)14(20-12)17-7-9-5-3-4-6-9/h9,17H,3-7,15H2,1-2H3,(H,16,19). The highest BCUT2D eigenvalue weighted by molar-refractivity contribution is 7.19. The number of nitrogens with one attached hydrogen (secondary N) is 2. The van der Waals surface area contributed by atoms with Crippen LogP contribution >= 0.6 is 11.3 Å². The largest absolute Gasteiger partial charge is 0.397 e. The van der Waals surface area contributed by atoms with Crippen molar-refractivity contribution >= 4 is 33.7 Å². The lowest BCUT2D eigenvalue weighted by Crippen LogP contribution is -2.21. The SMILES string of the molecule is CNC(=O)c1c(NCC2CCCC2)sc(C(C)=O)c1N. The molecule has 1 aliphatic rings. The van der Waals surface area contributed by atoms with E-state index < -0.39 is 0 Å². The molecule has 0 spiro atoms. The van der Waals surface area contributed by atoms with E-state index >= 15 is 0 Å². The Kier molecular flexibility index (Phi) is 4.65. The van der Waals surface area contributed by atoms with Gasteiger partial charge in [0.2, 0.25) is 0 Å². The van der Waals surface area contributed by atoms with Gasteiger partial charge in [-0.15, -0.1) is 11.3 Å². The molecule has 1 heterocycles. The third kappa shape index (κ3) is 2.95. The molecule has 0 radical (unpaired) electrons. The van der Waals surface area contributed by atoms with E-state index in [1.54, 1.807) is 7.05 Å². The Bertz CT molecular complexity index is 519. The van der Waals surface area contributed by atoms with Crippen LogP contribution in [0.3, 0.4) is 0 Å². The lowest BCUT2D eigenvalue weighted by Gasteiger charge is -2.11. The molecule has 110 valence electrons. The minimum atomic E-state index is -0.250. The van der Waals surface area contributed by atoms with E-state index in [1.165, 1.54) is 43.9 Å². The van der Waals surface area contributed by atoms with E-state index in [9.17, 15) is 9.59 Å². The number of hydrogen-bond acceptors (Lipinski definition) is 5. The van der Waals surface area contributed by atoms with Crippen molar-refractivity contribution in [2.24, 2.45) is 5.92 Å². The average molecular weight is 295 g/mol. The number of nitrogen functional groups attached to an aromatic ring is 1. The second-order valence-electron chi connectivity index (χ2n) is 5.22. The zero-order chi connectivity index (χ0) is 14.7. The molecule has 1 saturated carbocycles. The maximum absolute atomic E-state index is 12.0. The second kappa shape index (κ2) is 6.26. The predicted octanol–water partition coefficient (Wildman–Crippen LogP) is 2.49. The Morgan fingerprint density at radius 2 is 2.00 bits per heavy atom. The summed E-state index contributed by atoms with van der Waals surface area (Å²) in [4.78, 5) is 24.0. The molecule has 0 unspecified atom stereocenters. The minimum absolute atomic E-state index is 0.105. The number of rotatable bonds is 5. The fourth-order valence-corrected chi connectivity index (χ4v) is 3.65. The van der Waals surface area contributed by atoms with Crippen molar-refractivity contribution in [1.82, 2.24) is 5.32 Å². The molecule has 0 aliphatic heterocycles. The summed E-state index contributed by atoms with van der Waals surface area (Å²) in [6.07, 6.45) is 5.01. The molecule has 20 heavy (non-hydrogen) atoms. The van der Waals surface area contributed by atoms with Gasteiger partial charge in [-0.05, 0) is 18.8 Å². The van der Waals surface area contributed by atoms with Gasteiger partial charge in [0, 0.05) is 20.5 Å². The fourth-order valence-electron chi connectivity index (χ4n) is 2.63. The third-order valence-corrected chi connectivity index (χ3v) is 5.01. The Labute approximate surface area is 122 Å². The van der Waals surface area contributed by atoms with Crippen LogP contribution in [0.1, 0.15) is 52.6 Å². The average Bonchev–Trinajstić information content (AvgIpc) is 3.03. The summed E-state index contributed by atoms with van der Waals surface area (Å²) in [7, 11) is 1.56. The van der Waals surface area contributed by atoms with Crippen LogP contribution in [0, 0.1) is 5.92 Å². The van der Waals surface area contributed by atoms with E-state index in [1.807, 2.05) is 0 Å². The molecule has 1 fully saturated rings. The number of Topliss-reactive ketones (excluding diaryl/α,β-unsaturated/α-hetero) is 1. The van der Waals surface area contributed by atoms with Gasteiger partial charge < -0.3 is 16.4 Å². The van der Waals surface area contributed by atoms with Gasteiger partial charge in [-0.25, -0.2) is 0 Å². The van der Waals surface area contributed by atoms with Crippen molar-refractivity contribution in [3.8, 4) is 0 Å². The number of amides is 1. The first-order valence-electron chi connectivity index (χ1n) is 6.93. The first-order chi connectivity index (χ1) is 9.54. The van der Waals surface area contributed by atoms with Crippen LogP contribution in [-0.4, -0.2) is 25.3 Å². The summed E-state index contributed by atoms with van der Waals surface area (Å²) in [5.74, 6) is 0.295. The number of anilines is 2. The van der Waals surface area contributed by atoms with Crippen LogP contribution in [0.5, 0.6) is 0 Å². The molecule has 6 heteroatoms. The summed E-state index contributed by atoms with van der Waals surface area (Å²) in [6, 6.07) is 0. The van der Waals surface area contributed by atoms with Gasteiger partial charge in [0.15, 0.2) is 5.78 Å². The van der Waals surface area contributed by atoms with Gasteiger partial charge in [-0.3, -0.25) is 9.59 Å². The zero-order valence-electron chi connectivity index (χ0n) is 11.9. The number of ketones is 1. The maximum Gasteiger partial charge on any atom is 0.256 e. The highest BCUT2D eigenvalue weighted by atomic mass is 32.1. The van der Waals surface area contributed by atoms with E-state index in [2.05, 4.69) is 10.6 Å². The van der Waals surface area contributed by atoms with Crippen molar-refractivity contribution in [3.05, 3.63) is 10.4 Å². The van der Waals surface area contributed by atoms with Crippen molar-refractivity contribution in [3.63, 3.8) is 0 Å². The molecule has 5 nitrogen and oxygen atoms in total. The summed E-state index contributed by atoms with van der Waals surface area (Å²) in [5, 5.41) is 6.60. The minimum Gasteiger partial charge on any atom is -0.397 e. The first-order valence-corrected chi connectivity index (χ1v) is 7.75. The highest BCUT2D eigenvalue weighted by Crippen LogP contribution is 2.36. The molecular formula is C14H21N3O2S. The molecule has 0 aromatic carbocycles. The molecule has 1 aromatic heterocycles. The monoisotopic (exact) mass is 295 g/mol. The molecule has 0 bridgehead atoms. The summed E-state index contributed by atoms with van der Waals surface area (Å²) < 4.78 is 0. The van der Waals surface area contributed by atoms with E-state index in [0.29, 0.717) is 21.4 Å². The van der Waals surface area contributed by atoms with E-state index in [4.69, 9.17) is 5.73 Å². The highest BCUT2D eigenvalue weighted by Gasteiger charge is 2.24. The molecule has 4 N–H and O–H groups in total. The van der Waals surface area contributed by atoms with Gasteiger partial charge in [0.05, 0.1) is 16.1 Å². The Hall–Kier alpha value is -1.56. The van der Waals surface area contributed by atoms with Gasteiger partial charge in [0.1, 0.15) is 5.00 Å². The predicted molar refractivity (Wildman–Crippen MR) is 82.6 cm³/mol. The zero-order valence-corrected chi connectivity index (χ0v) is 12.7. The summed E-state index contributed by atoms with van der Waals surface area (Å²) in [6.45, 7) is 2.30. The van der Waals surface area contributed by atoms with Gasteiger partial charge in [-0.2, -0.15) is 0 Å². The normalized spacial score (nSPS) is 15.3. The van der Waals surface area contributed by atoms with E-state index in [0.717, 1.165) is 6.54 Å². The smallest absolute Gasteiger partial charge is 0.256 e. The molecule has 2 rings (SSSR count). The van der Waals surface area contributed by atoms with Crippen LogP contribution < -0.4 is 16.4 Å². The third-order valence-electron chi connectivity index (χ3n) is 3.75. The van der Waals surface area contributed by atoms with Crippen molar-refractivity contribution in [2.75, 3.05) is 24.6 Å². The second-order valence-corrected chi connectivity index (χ2v) is 6.24. The van der Waals surface area contributed by atoms with Gasteiger partial charge >= 0.3 is 0 Å². The van der Waals surface area contributed by atoms with Crippen LogP contribution in [0.4, 0.5) is 10.7 Å². The number of carbonyl (C=O) groups is 2. The fraction of sp³-hybridized carbons (Fsp3) is 0.571. The van der Waals surface area contributed by atoms with Crippen LogP contribution in [0.25, 0.3) is 0 Å². The van der Waals surface area contributed by atoms with Crippen LogP contribution in [0.2, 0.25) is 0 Å². The number of nitrogens with two attached hydrogens (primary N) is 1. The molecule has 0 atom stereocenters. The Balaban J connectivity index is 2.22. The first kappa shape index (κ1) is 14.8. The molecular weight excluding hydrogens is 274 g/mol. The van der Waals surface area contributed by atoms with Crippen LogP contribution in [0.15, 0.2) is 0 Å². The number of thiophene rings is 1. The number of carbonyl (C=O) groups excluding carboxylic acids is 2. The number of hydrogen-bond donors (Lipinski definition) is 3. The van der Waals surface area contributed by atoms with Crippen molar-refractivity contribution in [2.45, 2.75) is 32.6 Å². The summed E-state index contributed by atoms with van der Waals surface area (Å²) >= 11 is 1.27. The molecule has 1 aromatic rings. The topological polar surface area (TPSA) is 84.2 Å². The lowest BCUT2D eigenvalue weighted by molar-refractivity contribution is 0.0965. The maximum atomic E-state index is 12.0. The summed E-state index contributed by atoms with van der Waals surface area (Å²) in [5.41, 5.74) is 6.65. The molecule has 1 aliphatic carbocycles. The Morgan fingerprint density at radius 3 is 2.55 bits per heavy atom. The van der Waals surface area contributed by atoms with E-state index in [-0.39, 0.29) is 17.4 Å². The molecule has 0 saturated heterocycles. The van der Waals surface area contributed by atoms with Crippen molar-refractivity contribution < 1.29 is 9.59 Å². The molecule has 1 amide bonds. The quantitative estimate of drug-likeness (QED) is 0.729. The van der Waals surface area contributed by atoms with Gasteiger partial charge in [0.25, 0.3) is 5.91 Å². The van der Waals surface area contributed by atoms with Gasteiger partial charge in [-0.1, -0.05) is 12.8 Å². The van der Waals surface area contributed by atoms with Crippen LogP contribution in [-0.2, 0) is 0 Å².